The Morgan fingerprint density at radius 3 is 2.79 bits per heavy atom. The molecular weight excluding hydrogens is 326 g/mol. The van der Waals surface area contributed by atoms with E-state index in [1.54, 1.807) is 0 Å². The number of hydrogen-bond donors (Lipinski definition) is 1. The van der Waals surface area contributed by atoms with Gasteiger partial charge in [0.25, 0.3) is 5.91 Å². The zero-order chi connectivity index (χ0) is 16.7. The van der Waals surface area contributed by atoms with Crippen molar-refractivity contribution in [3.05, 3.63) is 22.0 Å². The molecule has 4 rings (SSSR count). The Morgan fingerprint density at radius 2 is 2.08 bits per heavy atom. The summed E-state index contributed by atoms with van der Waals surface area (Å²) in [4.78, 5) is 28.7. The number of carbonyl (C=O) groups is 1. The number of nitrogens with one attached hydrogen (secondary N) is 1. The van der Waals surface area contributed by atoms with Crippen LogP contribution < -0.4 is 5.48 Å². The number of ether oxygens (including phenoxy) is 1. The van der Waals surface area contributed by atoms with Crippen molar-refractivity contribution in [3.8, 4) is 0 Å². The number of thiophene rings is 1. The lowest BCUT2D eigenvalue weighted by molar-refractivity contribution is -0.186. The number of aryl methyl sites for hydroxylation is 2. The molecule has 1 aliphatic heterocycles. The van der Waals surface area contributed by atoms with Gasteiger partial charge in [0.15, 0.2) is 6.29 Å². The van der Waals surface area contributed by atoms with Crippen LogP contribution in [-0.4, -0.2) is 28.8 Å². The Bertz CT molecular complexity index is 779. The third kappa shape index (κ3) is 3.03. The molecule has 0 bridgehead atoms. The highest BCUT2D eigenvalue weighted by Gasteiger charge is 2.28. The summed E-state index contributed by atoms with van der Waals surface area (Å²) in [6, 6.07) is 0. The third-order valence-electron chi connectivity index (χ3n) is 4.56. The first kappa shape index (κ1) is 15.9. The highest BCUT2D eigenvalue weighted by Crippen LogP contribution is 2.40. The average Bonchev–Trinajstić information content (AvgIpc) is 3.38. The number of nitrogens with zero attached hydrogens (tertiary/aromatic N) is 2. The molecule has 1 saturated heterocycles. The van der Waals surface area contributed by atoms with Gasteiger partial charge in [0.1, 0.15) is 10.7 Å². The van der Waals surface area contributed by atoms with Crippen LogP contribution in [0.15, 0.2) is 0 Å². The molecule has 0 unspecified atom stereocenters. The summed E-state index contributed by atoms with van der Waals surface area (Å²) in [5, 5.41) is 0.989. The van der Waals surface area contributed by atoms with Crippen LogP contribution >= 0.6 is 11.3 Å². The summed E-state index contributed by atoms with van der Waals surface area (Å²) < 4.78 is 5.47. The lowest BCUT2D eigenvalue weighted by atomic mass is 10.1. The van der Waals surface area contributed by atoms with Gasteiger partial charge in [-0.2, -0.15) is 0 Å². The molecular formula is C17H21N3O3S. The summed E-state index contributed by atoms with van der Waals surface area (Å²) >= 11 is 1.41. The minimum Gasteiger partial charge on any atom is -0.350 e. The highest BCUT2D eigenvalue weighted by molar-refractivity contribution is 7.20. The second-order valence-electron chi connectivity index (χ2n) is 6.52. The fourth-order valence-corrected chi connectivity index (χ4v) is 4.20. The highest BCUT2D eigenvalue weighted by atomic mass is 32.1. The summed E-state index contributed by atoms with van der Waals surface area (Å²) in [5.74, 6) is 1.18. The van der Waals surface area contributed by atoms with Gasteiger partial charge in [-0.3, -0.25) is 4.79 Å². The molecule has 0 aromatic carbocycles. The number of hydrogen-bond acceptors (Lipinski definition) is 6. The van der Waals surface area contributed by atoms with Gasteiger partial charge >= 0.3 is 0 Å². The molecule has 2 aromatic rings. The second-order valence-corrected chi connectivity index (χ2v) is 7.52. The van der Waals surface area contributed by atoms with Crippen molar-refractivity contribution in [3.63, 3.8) is 0 Å². The summed E-state index contributed by atoms with van der Waals surface area (Å²) in [5.41, 5.74) is 4.41. The molecule has 1 aliphatic carbocycles. The molecule has 0 radical (unpaired) electrons. The average molecular weight is 347 g/mol. The maximum absolute atomic E-state index is 12.5. The van der Waals surface area contributed by atoms with Crippen LogP contribution in [0.2, 0.25) is 0 Å². The fraction of sp³-hybridized carbons (Fsp3) is 0.588. The Hall–Kier alpha value is -1.57. The van der Waals surface area contributed by atoms with Crippen LogP contribution in [0, 0.1) is 13.8 Å². The van der Waals surface area contributed by atoms with E-state index in [4.69, 9.17) is 9.57 Å². The van der Waals surface area contributed by atoms with Crippen LogP contribution in [-0.2, 0) is 9.57 Å². The zero-order valence-corrected chi connectivity index (χ0v) is 14.7. The molecule has 0 spiro atoms. The van der Waals surface area contributed by atoms with Crippen LogP contribution in [0.5, 0.6) is 0 Å². The maximum atomic E-state index is 12.5. The molecule has 3 heterocycles. The van der Waals surface area contributed by atoms with Gasteiger partial charge in [0.05, 0.1) is 10.6 Å². The minimum absolute atomic E-state index is 0.239. The van der Waals surface area contributed by atoms with E-state index in [1.165, 1.54) is 11.3 Å². The van der Waals surface area contributed by atoms with Crippen LogP contribution in [0.4, 0.5) is 0 Å². The van der Waals surface area contributed by atoms with E-state index in [0.29, 0.717) is 17.4 Å². The Kier molecular flexibility index (Phi) is 4.24. The predicted octanol–water partition coefficient (Wildman–Crippen LogP) is 3.37. The van der Waals surface area contributed by atoms with Gasteiger partial charge in [0, 0.05) is 24.3 Å². The van der Waals surface area contributed by atoms with Crippen molar-refractivity contribution in [2.75, 3.05) is 6.61 Å². The number of carbonyl (C=O) groups excluding carboxylic acids is 1. The molecule has 1 amide bonds. The topological polar surface area (TPSA) is 73.3 Å². The van der Waals surface area contributed by atoms with Crippen LogP contribution in [0.1, 0.15) is 64.8 Å². The lowest BCUT2D eigenvalue weighted by Gasteiger charge is -2.21. The van der Waals surface area contributed by atoms with Gasteiger partial charge in [-0.15, -0.1) is 11.3 Å². The fourth-order valence-electron chi connectivity index (χ4n) is 3.07. The van der Waals surface area contributed by atoms with Crippen LogP contribution in [0.3, 0.4) is 0 Å². The van der Waals surface area contributed by atoms with E-state index < -0.39 is 0 Å². The number of fused-ring (bicyclic) bond motifs is 1. The van der Waals surface area contributed by atoms with Crippen molar-refractivity contribution in [1.82, 2.24) is 15.4 Å². The van der Waals surface area contributed by atoms with E-state index >= 15 is 0 Å². The van der Waals surface area contributed by atoms with Gasteiger partial charge < -0.3 is 4.74 Å². The lowest BCUT2D eigenvalue weighted by Crippen LogP contribution is -2.33. The predicted molar refractivity (Wildman–Crippen MR) is 91.0 cm³/mol. The first-order valence-corrected chi connectivity index (χ1v) is 9.30. The standard InChI is InChI=1S/C17H21N3O3S/c1-9-13-10(2)18-15(11-6-7-11)19-17(13)24-14(9)16(21)20-23-12-5-3-4-8-22-12/h11-12H,3-8H2,1-2H3,(H,20,21)/t12-/m0/s1. The number of amides is 1. The van der Waals surface area contributed by atoms with E-state index in [1.807, 2.05) is 13.8 Å². The van der Waals surface area contributed by atoms with Gasteiger partial charge in [0.2, 0.25) is 0 Å². The van der Waals surface area contributed by atoms with Gasteiger partial charge in [-0.05, 0) is 45.1 Å². The second kappa shape index (κ2) is 6.38. The number of hydroxylamine groups is 1. The van der Waals surface area contributed by atoms with Crippen molar-refractivity contribution in [2.45, 2.75) is 58.2 Å². The van der Waals surface area contributed by atoms with Gasteiger partial charge in [-0.1, -0.05) is 0 Å². The van der Waals surface area contributed by atoms with E-state index in [2.05, 4.69) is 15.4 Å². The van der Waals surface area contributed by atoms with E-state index in [9.17, 15) is 4.79 Å². The Balaban J connectivity index is 1.55. The molecule has 6 nitrogen and oxygen atoms in total. The summed E-state index contributed by atoms with van der Waals surface area (Å²) in [6.45, 7) is 4.61. The SMILES string of the molecule is Cc1nc(C2CC2)nc2sc(C(=O)NO[C@H]3CCCCO3)c(C)c12. The third-order valence-corrected chi connectivity index (χ3v) is 5.74. The number of aromatic nitrogens is 2. The zero-order valence-electron chi connectivity index (χ0n) is 13.9. The quantitative estimate of drug-likeness (QED) is 0.859. The van der Waals surface area contributed by atoms with Crippen molar-refractivity contribution in [2.24, 2.45) is 0 Å². The monoisotopic (exact) mass is 347 g/mol. The summed E-state index contributed by atoms with van der Waals surface area (Å²) in [7, 11) is 0. The largest absolute Gasteiger partial charge is 0.350 e. The smallest absolute Gasteiger partial charge is 0.285 e. The molecule has 2 aromatic heterocycles. The molecule has 2 aliphatic rings. The van der Waals surface area contributed by atoms with Crippen molar-refractivity contribution in [1.29, 1.82) is 0 Å². The molecule has 1 N–H and O–H groups in total. The molecule has 1 saturated carbocycles. The molecule has 7 heteroatoms. The molecule has 1 atom stereocenters. The molecule has 128 valence electrons. The van der Waals surface area contributed by atoms with Crippen molar-refractivity contribution < 1.29 is 14.4 Å². The first-order chi connectivity index (χ1) is 11.6. The first-order valence-electron chi connectivity index (χ1n) is 8.48. The molecule has 24 heavy (non-hydrogen) atoms. The maximum Gasteiger partial charge on any atom is 0.285 e. The van der Waals surface area contributed by atoms with Gasteiger partial charge in [-0.25, -0.2) is 20.3 Å². The summed E-state index contributed by atoms with van der Waals surface area (Å²) in [6.07, 6.45) is 4.89. The van der Waals surface area contributed by atoms with Crippen LogP contribution in [0.25, 0.3) is 10.2 Å². The normalized spacial score (nSPS) is 21.2. The Morgan fingerprint density at radius 1 is 1.25 bits per heavy atom. The van der Waals surface area contributed by atoms with Crippen molar-refractivity contribution >= 4 is 27.5 Å². The Labute approximate surface area is 144 Å². The number of rotatable bonds is 4. The molecule has 2 fully saturated rings. The minimum atomic E-state index is -0.347. The van der Waals surface area contributed by atoms with E-state index in [-0.39, 0.29) is 12.2 Å². The van der Waals surface area contributed by atoms with E-state index in [0.717, 1.165) is 59.4 Å².